The first-order chi connectivity index (χ1) is 9.34. The SMILES string of the molecule is COC(=O)CCS(=O)(=O)NCCc1nc(C(=O)O)cs1. The Labute approximate surface area is 119 Å². The minimum atomic E-state index is -3.56. The average Bonchev–Trinajstić information content (AvgIpc) is 2.85. The third kappa shape index (κ3) is 5.63. The lowest BCUT2D eigenvalue weighted by Crippen LogP contribution is -2.29. The second kappa shape index (κ2) is 7.31. The number of sulfonamides is 1. The monoisotopic (exact) mass is 322 g/mol. The quantitative estimate of drug-likeness (QED) is 0.639. The molecule has 0 bridgehead atoms. The molecule has 8 nitrogen and oxygen atoms in total. The Morgan fingerprint density at radius 2 is 2.20 bits per heavy atom. The Morgan fingerprint density at radius 1 is 1.50 bits per heavy atom. The summed E-state index contributed by atoms with van der Waals surface area (Å²) in [5.74, 6) is -2.06. The van der Waals surface area contributed by atoms with Crippen molar-refractivity contribution in [3.8, 4) is 0 Å². The third-order valence-corrected chi connectivity index (χ3v) is 4.53. The van der Waals surface area contributed by atoms with E-state index >= 15 is 0 Å². The zero-order valence-electron chi connectivity index (χ0n) is 10.7. The number of ether oxygens (including phenoxy) is 1. The summed E-state index contributed by atoms with van der Waals surface area (Å²) in [4.78, 5) is 25.3. The van der Waals surface area contributed by atoms with Crippen LogP contribution in [0.15, 0.2) is 5.38 Å². The Balaban J connectivity index is 2.38. The molecule has 0 saturated heterocycles. The molecule has 0 unspecified atom stereocenters. The van der Waals surface area contributed by atoms with Gasteiger partial charge in [0.2, 0.25) is 10.0 Å². The number of hydrogen-bond acceptors (Lipinski definition) is 7. The number of carbonyl (C=O) groups excluding carboxylic acids is 1. The van der Waals surface area contributed by atoms with Crippen LogP contribution in [0.2, 0.25) is 0 Å². The smallest absolute Gasteiger partial charge is 0.355 e. The van der Waals surface area contributed by atoms with Gasteiger partial charge in [-0.1, -0.05) is 0 Å². The summed E-state index contributed by atoms with van der Waals surface area (Å²) >= 11 is 1.15. The van der Waals surface area contributed by atoms with E-state index in [1.807, 2.05) is 0 Å². The Bertz CT molecular complexity index is 580. The van der Waals surface area contributed by atoms with Gasteiger partial charge in [-0.3, -0.25) is 4.79 Å². The van der Waals surface area contributed by atoms with Crippen molar-refractivity contribution in [3.05, 3.63) is 16.1 Å². The van der Waals surface area contributed by atoms with Crippen LogP contribution in [-0.4, -0.2) is 49.9 Å². The van der Waals surface area contributed by atoms with Gasteiger partial charge in [-0.05, 0) is 0 Å². The van der Waals surface area contributed by atoms with Gasteiger partial charge in [-0.2, -0.15) is 0 Å². The zero-order chi connectivity index (χ0) is 15.2. The van der Waals surface area contributed by atoms with Gasteiger partial charge in [0.1, 0.15) is 0 Å². The molecule has 0 amide bonds. The summed E-state index contributed by atoms with van der Waals surface area (Å²) < 4.78 is 29.7. The zero-order valence-corrected chi connectivity index (χ0v) is 12.3. The summed E-state index contributed by atoms with van der Waals surface area (Å²) in [7, 11) is -2.37. The van der Waals surface area contributed by atoms with Crippen LogP contribution in [0.1, 0.15) is 21.9 Å². The lowest BCUT2D eigenvalue weighted by molar-refractivity contribution is -0.140. The summed E-state index contributed by atoms with van der Waals surface area (Å²) in [6, 6.07) is 0. The van der Waals surface area contributed by atoms with E-state index in [9.17, 15) is 18.0 Å². The molecule has 0 atom stereocenters. The van der Waals surface area contributed by atoms with Crippen LogP contribution in [0.4, 0.5) is 0 Å². The van der Waals surface area contributed by atoms with Crippen molar-refractivity contribution in [1.82, 2.24) is 9.71 Å². The highest BCUT2D eigenvalue weighted by Gasteiger charge is 2.14. The van der Waals surface area contributed by atoms with E-state index in [4.69, 9.17) is 5.11 Å². The molecule has 2 N–H and O–H groups in total. The van der Waals surface area contributed by atoms with Crippen molar-refractivity contribution >= 4 is 33.3 Å². The van der Waals surface area contributed by atoms with E-state index < -0.39 is 22.0 Å². The molecular weight excluding hydrogens is 308 g/mol. The van der Waals surface area contributed by atoms with Crippen molar-refractivity contribution in [2.45, 2.75) is 12.8 Å². The van der Waals surface area contributed by atoms with Gasteiger partial charge < -0.3 is 9.84 Å². The van der Waals surface area contributed by atoms with Crippen LogP contribution in [0.3, 0.4) is 0 Å². The molecule has 1 aromatic heterocycles. The summed E-state index contributed by atoms with van der Waals surface area (Å²) in [5.41, 5.74) is -0.0569. The molecule has 0 aromatic carbocycles. The fraction of sp³-hybridized carbons (Fsp3) is 0.500. The summed E-state index contributed by atoms with van der Waals surface area (Å²) in [6.45, 7) is 0.0933. The molecule has 0 aliphatic rings. The molecule has 1 aromatic rings. The molecule has 0 aliphatic carbocycles. The van der Waals surface area contributed by atoms with Crippen LogP contribution in [0, 0.1) is 0 Å². The lowest BCUT2D eigenvalue weighted by Gasteiger charge is -2.04. The molecule has 0 aliphatic heterocycles. The van der Waals surface area contributed by atoms with Crippen molar-refractivity contribution in [2.24, 2.45) is 0 Å². The van der Waals surface area contributed by atoms with Gasteiger partial charge in [0.15, 0.2) is 5.69 Å². The van der Waals surface area contributed by atoms with Crippen LogP contribution in [0.5, 0.6) is 0 Å². The molecule has 10 heteroatoms. The second-order valence-electron chi connectivity index (χ2n) is 3.72. The molecule has 20 heavy (non-hydrogen) atoms. The number of carboxylic acid groups (broad SMARTS) is 1. The number of nitrogens with one attached hydrogen (secondary N) is 1. The van der Waals surface area contributed by atoms with Crippen molar-refractivity contribution in [3.63, 3.8) is 0 Å². The van der Waals surface area contributed by atoms with Crippen molar-refractivity contribution in [2.75, 3.05) is 19.4 Å². The Hall–Kier alpha value is -1.52. The highest BCUT2D eigenvalue weighted by molar-refractivity contribution is 7.89. The largest absolute Gasteiger partial charge is 0.476 e. The number of methoxy groups -OCH3 is 1. The normalized spacial score (nSPS) is 11.2. The van der Waals surface area contributed by atoms with Crippen LogP contribution in [0.25, 0.3) is 0 Å². The van der Waals surface area contributed by atoms with Gasteiger partial charge in [0.25, 0.3) is 0 Å². The van der Waals surface area contributed by atoms with Crippen LogP contribution < -0.4 is 4.72 Å². The summed E-state index contributed by atoms with van der Waals surface area (Å²) in [5, 5.41) is 10.6. The van der Waals surface area contributed by atoms with E-state index in [-0.39, 0.29) is 30.8 Å². The molecule has 0 saturated carbocycles. The average molecular weight is 322 g/mol. The maximum atomic E-state index is 11.5. The van der Waals surface area contributed by atoms with Gasteiger partial charge in [-0.25, -0.2) is 22.9 Å². The van der Waals surface area contributed by atoms with E-state index in [0.29, 0.717) is 5.01 Å². The van der Waals surface area contributed by atoms with E-state index in [1.165, 1.54) is 12.5 Å². The van der Waals surface area contributed by atoms with E-state index in [2.05, 4.69) is 14.4 Å². The molecule has 0 fully saturated rings. The van der Waals surface area contributed by atoms with Crippen molar-refractivity contribution in [1.29, 1.82) is 0 Å². The maximum Gasteiger partial charge on any atom is 0.355 e. The fourth-order valence-corrected chi connectivity index (χ4v) is 2.99. The second-order valence-corrected chi connectivity index (χ2v) is 6.59. The number of nitrogens with zero attached hydrogens (tertiary/aromatic N) is 1. The Morgan fingerprint density at radius 3 is 2.75 bits per heavy atom. The topological polar surface area (TPSA) is 123 Å². The van der Waals surface area contributed by atoms with Crippen molar-refractivity contribution < 1.29 is 27.9 Å². The summed E-state index contributed by atoms with van der Waals surface area (Å²) in [6.07, 6.45) is 0.0711. The molecule has 112 valence electrons. The number of esters is 1. The first-order valence-electron chi connectivity index (χ1n) is 5.56. The van der Waals surface area contributed by atoms with E-state index in [1.54, 1.807) is 0 Å². The number of carbonyl (C=O) groups is 2. The predicted octanol–water partition coefficient (Wildman–Crippen LogP) is -0.134. The minimum Gasteiger partial charge on any atom is -0.476 e. The van der Waals surface area contributed by atoms with Gasteiger partial charge in [-0.15, -0.1) is 11.3 Å². The molecular formula is C10H14N2O6S2. The number of aromatic nitrogens is 1. The van der Waals surface area contributed by atoms with Crippen LogP contribution >= 0.6 is 11.3 Å². The number of rotatable bonds is 8. The number of hydrogen-bond donors (Lipinski definition) is 2. The Kier molecular flexibility index (Phi) is 6.05. The molecule has 1 heterocycles. The standard InChI is InChI=1S/C10H14N2O6S2/c1-18-9(13)3-5-20(16,17)11-4-2-8-12-7(6-19-8)10(14)15/h6,11H,2-5H2,1H3,(H,14,15). The van der Waals surface area contributed by atoms with Gasteiger partial charge in [0.05, 0.1) is 24.3 Å². The first kappa shape index (κ1) is 16.5. The van der Waals surface area contributed by atoms with Crippen LogP contribution in [-0.2, 0) is 26.0 Å². The van der Waals surface area contributed by atoms with Gasteiger partial charge >= 0.3 is 11.9 Å². The maximum absolute atomic E-state index is 11.5. The first-order valence-corrected chi connectivity index (χ1v) is 8.09. The highest BCUT2D eigenvalue weighted by atomic mass is 32.2. The van der Waals surface area contributed by atoms with E-state index in [0.717, 1.165) is 11.3 Å². The third-order valence-electron chi connectivity index (χ3n) is 2.23. The number of thiazole rings is 1. The predicted molar refractivity (Wildman–Crippen MR) is 71.2 cm³/mol. The minimum absolute atomic E-state index is 0.0569. The lowest BCUT2D eigenvalue weighted by atomic mass is 10.4. The molecule has 0 radical (unpaired) electrons. The molecule has 1 rings (SSSR count). The highest BCUT2D eigenvalue weighted by Crippen LogP contribution is 2.10. The van der Waals surface area contributed by atoms with Gasteiger partial charge in [0, 0.05) is 18.3 Å². The number of aromatic carboxylic acids is 1. The number of carboxylic acids is 1. The fourth-order valence-electron chi connectivity index (χ4n) is 1.23. The molecule has 0 spiro atoms.